The molecule has 1 aromatic carbocycles. The average molecular weight is 254 g/mol. The van der Waals surface area contributed by atoms with Crippen LogP contribution in [0.4, 0.5) is 0 Å². The number of aliphatic imine (C=N–C) groups is 1. The van der Waals surface area contributed by atoms with Gasteiger partial charge in [-0.3, -0.25) is 9.71 Å². The van der Waals surface area contributed by atoms with Crippen LogP contribution in [0.5, 0.6) is 0 Å². The fraction of sp³-hybridized carbons (Fsp3) is 0.364. The summed E-state index contributed by atoms with van der Waals surface area (Å²) in [7, 11) is -1.84. The summed E-state index contributed by atoms with van der Waals surface area (Å²) in [6.07, 6.45) is -0.0419. The van der Waals surface area contributed by atoms with Crippen molar-refractivity contribution in [2.45, 2.75) is 17.9 Å². The largest absolute Gasteiger partial charge is 0.380 e. The minimum atomic E-state index is -3.43. The molecule has 1 unspecified atom stereocenters. The van der Waals surface area contributed by atoms with Crippen molar-refractivity contribution in [1.29, 1.82) is 0 Å². The molecule has 0 saturated heterocycles. The van der Waals surface area contributed by atoms with Crippen LogP contribution >= 0.6 is 0 Å². The van der Waals surface area contributed by atoms with Gasteiger partial charge in [0.15, 0.2) is 0 Å². The van der Waals surface area contributed by atoms with Crippen molar-refractivity contribution < 1.29 is 13.2 Å². The zero-order chi connectivity index (χ0) is 12.5. The highest BCUT2D eigenvalue weighted by molar-refractivity contribution is 7.90. The molecule has 0 aromatic heterocycles. The topological polar surface area (TPSA) is 67.8 Å². The van der Waals surface area contributed by atoms with E-state index in [1.807, 2.05) is 6.92 Å². The van der Waals surface area contributed by atoms with E-state index in [2.05, 4.69) is 9.71 Å². The molecule has 0 amide bonds. The van der Waals surface area contributed by atoms with Crippen molar-refractivity contribution >= 4 is 15.9 Å². The van der Waals surface area contributed by atoms with Crippen LogP contribution < -0.4 is 4.72 Å². The van der Waals surface area contributed by atoms with Gasteiger partial charge >= 0.3 is 0 Å². The highest BCUT2D eigenvalue weighted by Crippen LogP contribution is 2.22. The first-order valence-corrected chi connectivity index (χ1v) is 6.72. The van der Waals surface area contributed by atoms with Crippen molar-refractivity contribution in [2.24, 2.45) is 4.99 Å². The molecule has 1 aromatic rings. The van der Waals surface area contributed by atoms with Gasteiger partial charge in [-0.15, -0.1) is 0 Å². The molecule has 2 rings (SSSR count). The number of sulfonamides is 1. The van der Waals surface area contributed by atoms with Crippen LogP contribution in [0.25, 0.3) is 0 Å². The maximum absolute atomic E-state index is 11.8. The van der Waals surface area contributed by atoms with Crippen LogP contribution in [-0.4, -0.2) is 34.0 Å². The molecule has 0 spiro atoms. The van der Waals surface area contributed by atoms with Crippen LogP contribution in [0.3, 0.4) is 0 Å². The smallest absolute Gasteiger partial charge is 0.263 e. The summed E-state index contributed by atoms with van der Waals surface area (Å²) in [6.45, 7) is 2.29. The van der Waals surface area contributed by atoms with Gasteiger partial charge in [-0.1, -0.05) is 12.1 Å². The first kappa shape index (κ1) is 12.1. The molecule has 1 aliphatic rings. The average Bonchev–Trinajstić information content (AvgIpc) is 2.59. The summed E-state index contributed by atoms with van der Waals surface area (Å²) in [5.41, 5.74) is 0.621. The molecular weight excluding hydrogens is 240 g/mol. The molecular formula is C11H14N2O3S. The van der Waals surface area contributed by atoms with Crippen LogP contribution in [-0.2, 0) is 14.8 Å². The second kappa shape index (κ2) is 4.46. The summed E-state index contributed by atoms with van der Waals surface area (Å²) < 4.78 is 31.0. The number of ether oxygens (including phenoxy) is 1. The minimum absolute atomic E-state index is 0.0419. The van der Waals surface area contributed by atoms with E-state index in [-0.39, 0.29) is 11.0 Å². The lowest BCUT2D eigenvalue weighted by Gasteiger charge is -2.05. The molecule has 6 heteroatoms. The Morgan fingerprint density at radius 1 is 1.41 bits per heavy atom. The van der Waals surface area contributed by atoms with Gasteiger partial charge in [-0.25, -0.2) is 8.42 Å². The lowest BCUT2D eigenvalue weighted by molar-refractivity contribution is 0.125. The second-order valence-corrected chi connectivity index (χ2v) is 5.49. The molecule has 0 aliphatic carbocycles. The third-order valence-corrected chi connectivity index (χ3v) is 3.97. The Morgan fingerprint density at radius 2 is 2.12 bits per heavy atom. The maximum Gasteiger partial charge on any atom is 0.263 e. The van der Waals surface area contributed by atoms with Gasteiger partial charge in [-0.05, 0) is 19.1 Å². The highest BCUT2D eigenvalue weighted by Gasteiger charge is 2.29. The van der Waals surface area contributed by atoms with Gasteiger partial charge in [0.25, 0.3) is 10.0 Å². The standard InChI is InChI=1S/C11H14N2O3S/c1-8(16-2)7-12-11-9-5-3-4-6-10(9)17(14,15)13-11/h3-6,8H,7H2,1-2H3,(H,12,13). The number of rotatable bonds is 3. The number of methoxy groups -OCH3 is 1. The Labute approximate surface area is 101 Å². The quantitative estimate of drug-likeness (QED) is 0.866. The second-order valence-electron chi connectivity index (χ2n) is 3.84. The Bertz CT molecular complexity index is 552. The monoisotopic (exact) mass is 254 g/mol. The van der Waals surface area contributed by atoms with E-state index in [0.717, 1.165) is 0 Å². The van der Waals surface area contributed by atoms with Gasteiger partial charge in [0.05, 0.1) is 17.5 Å². The minimum Gasteiger partial charge on any atom is -0.380 e. The zero-order valence-electron chi connectivity index (χ0n) is 9.67. The first-order valence-electron chi connectivity index (χ1n) is 5.24. The van der Waals surface area contributed by atoms with Crippen molar-refractivity contribution in [1.82, 2.24) is 4.72 Å². The fourth-order valence-corrected chi connectivity index (χ4v) is 2.80. The van der Waals surface area contributed by atoms with E-state index in [1.54, 1.807) is 31.4 Å². The molecule has 0 radical (unpaired) electrons. The molecule has 1 aliphatic heterocycles. The van der Waals surface area contributed by atoms with Crippen LogP contribution in [0, 0.1) is 0 Å². The SMILES string of the molecule is COC(C)CN=C1NS(=O)(=O)c2ccccc21. The number of nitrogens with one attached hydrogen (secondary N) is 1. The molecule has 5 nitrogen and oxygen atoms in total. The van der Waals surface area contributed by atoms with Crippen LogP contribution in [0.1, 0.15) is 12.5 Å². The summed E-state index contributed by atoms with van der Waals surface area (Å²) >= 11 is 0. The Kier molecular flexibility index (Phi) is 3.17. The molecule has 1 N–H and O–H groups in total. The first-order chi connectivity index (χ1) is 8.04. The molecule has 1 heterocycles. The zero-order valence-corrected chi connectivity index (χ0v) is 10.5. The van der Waals surface area contributed by atoms with Gasteiger partial charge in [0.2, 0.25) is 0 Å². The Hall–Kier alpha value is -1.40. The van der Waals surface area contributed by atoms with Crippen LogP contribution in [0.2, 0.25) is 0 Å². The molecule has 1 atom stereocenters. The third kappa shape index (κ3) is 2.32. The van der Waals surface area contributed by atoms with E-state index < -0.39 is 10.0 Å². The Morgan fingerprint density at radius 3 is 2.82 bits per heavy atom. The predicted molar refractivity (Wildman–Crippen MR) is 64.6 cm³/mol. The van der Waals surface area contributed by atoms with E-state index >= 15 is 0 Å². The number of hydrogen-bond donors (Lipinski definition) is 1. The summed E-state index contributed by atoms with van der Waals surface area (Å²) in [5, 5.41) is 0. The normalized spacial score (nSPS) is 20.9. The molecule has 0 fully saturated rings. The molecule has 92 valence electrons. The van der Waals surface area contributed by atoms with Crippen molar-refractivity contribution in [3.8, 4) is 0 Å². The number of fused-ring (bicyclic) bond motifs is 1. The van der Waals surface area contributed by atoms with E-state index in [9.17, 15) is 8.42 Å². The predicted octanol–water partition coefficient (Wildman–Crippen LogP) is 0.760. The van der Waals surface area contributed by atoms with Crippen molar-refractivity contribution in [3.05, 3.63) is 29.8 Å². The van der Waals surface area contributed by atoms with Gasteiger partial charge in [0, 0.05) is 12.7 Å². The lowest BCUT2D eigenvalue weighted by atomic mass is 10.2. The van der Waals surface area contributed by atoms with E-state index in [0.29, 0.717) is 17.9 Å². The van der Waals surface area contributed by atoms with Crippen LogP contribution in [0.15, 0.2) is 34.2 Å². The number of amidine groups is 1. The molecule has 0 bridgehead atoms. The third-order valence-electron chi connectivity index (χ3n) is 2.57. The molecule has 17 heavy (non-hydrogen) atoms. The summed E-state index contributed by atoms with van der Waals surface area (Å²) in [6, 6.07) is 6.79. The maximum atomic E-state index is 11.8. The highest BCUT2D eigenvalue weighted by atomic mass is 32.2. The van der Waals surface area contributed by atoms with Crippen molar-refractivity contribution in [3.63, 3.8) is 0 Å². The van der Waals surface area contributed by atoms with Crippen molar-refractivity contribution in [2.75, 3.05) is 13.7 Å². The van der Waals surface area contributed by atoms with Gasteiger partial charge in [0.1, 0.15) is 5.84 Å². The van der Waals surface area contributed by atoms with Gasteiger partial charge in [-0.2, -0.15) is 0 Å². The van der Waals surface area contributed by atoms with E-state index in [1.165, 1.54) is 0 Å². The molecule has 0 saturated carbocycles. The lowest BCUT2D eigenvalue weighted by Crippen LogP contribution is -2.23. The summed E-state index contributed by atoms with van der Waals surface area (Å²) in [5.74, 6) is 0.393. The number of benzene rings is 1. The Balaban J connectivity index is 2.35. The van der Waals surface area contributed by atoms with Gasteiger partial charge < -0.3 is 4.74 Å². The number of hydrogen-bond acceptors (Lipinski definition) is 4. The number of nitrogens with zero attached hydrogens (tertiary/aromatic N) is 1. The summed E-state index contributed by atoms with van der Waals surface area (Å²) in [4.78, 5) is 4.51. The fourth-order valence-electron chi connectivity index (χ4n) is 1.55. The van der Waals surface area contributed by atoms with E-state index in [4.69, 9.17) is 4.74 Å².